The molecule has 0 aromatic carbocycles. The number of aromatic nitrogens is 2. The van der Waals surface area contributed by atoms with E-state index in [4.69, 9.17) is 16.7 Å². The zero-order valence-electron chi connectivity index (χ0n) is 9.32. The molecule has 0 saturated carbocycles. The van der Waals surface area contributed by atoms with Crippen molar-refractivity contribution in [2.75, 3.05) is 0 Å². The van der Waals surface area contributed by atoms with Gasteiger partial charge in [0.05, 0.1) is 5.75 Å². The number of carbonyl (C=O) groups is 1. The van der Waals surface area contributed by atoms with Crippen LogP contribution in [0.15, 0.2) is 6.07 Å². The van der Waals surface area contributed by atoms with Gasteiger partial charge in [0, 0.05) is 5.69 Å². The van der Waals surface area contributed by atoms with Gasteiger partial charge in [-0.2, -0.15) is 0 Å². The monoisotopic (exact) mass is 260 g/mol. The molecule has 0 fully saturated rings. The summed E-state index contributed by atoms with van der Waals surface area (Å²) in [7, 11) is 0. The summed E-state index contributed by atoms with van der Waals surface area (Å²) in [6.07, 6.45) is 0. The first-order chi connectivity index (χ1) is 7.31. The van der Waals surface area contributed by atoms with Crippen molar-refractivity contribution in [3.05, 3.63) is 22.7 Å². The highest BCUT2D eigenvalue weighted by atomic mass is 35.5. The average Bonchev–Trinajstić information content (AvgIpc) is 2.13. The number of aryl methyl sites for hydroxylation is 1. The third-order valence-electron chi connectivity index (χ3n) is 1.95. The number of hydrogen-bond acceptors (Lipinski definition) is 4. The average molecular weight is 261 g/mol. The third kappa shape index (κ3) is 3.64. The fraction of sp³-hybridized carbons (Fsp3) is 0.500. The zero-order chi connectivity index (χ0) is 12.3. The molecule has 0 aliphatic rings. The van der Waals surface area contributed by atoms with E-state index in [-0.39, 0.29) is 0 Å². The molecule has 88 valence electrons. The number of hydrogen-bond donors (Lipinski definition) is 1. The smallest absolute Gasteiger partial charge is 0.319 e. The van der Waals surface area contributed by atoms with Crippen LogP contribution in [0.2, 0.25) is 5.15 Å². The van der Waals surface area contributed by atoms with E-state index in [9.17, 15) is 4.79 Å². The van der Waals surface area contributed by atoms with E-state index in [0.717, 1.165) is 5.69 Å². The molecule has 0 atom stereocenters. The molecule has 4 nitrogen and oxygen atoms in total. The molecule has 6 heteroatoms. The second kappa shape index (κ2) is 5.01. The number of carboxylic acid groups (broad SMARTS) is 1. The maximum absolute atomic E-state index is 10.9. The van der Waals surface area contributed by atoms with Crippen molar-refractivity contribution in [2.45, 2.75) is 31.3 Å². The number of halogens is 1. The molecule has 1 aromatic rings. The lowest BCUT2D eigenvalue weighted by Crippen LogP contribution is -2.27. The van der Waals surface area contributed by atoms with E-state index in [1.807, 2.05) is 6.92 Å². The fourth-order valence-electron chi connectivity index (χ4n) is 0.960. The van der Waals surface area contributed by atoms with Crippen LogP contribution in [0.4, 0.5) is 0 Å². The second-order valence-corrected chi connectivity index (χ2v) is 5.84. The van der Waals surface area contributed by atoms with Gasteiger partial charge in [0.15, 0.2) is 0 Å². The molecule has 1 heterocycles. The van der Waals surface area contributed by atoms with Crippen molar-refractivity contribution < 1.29 is 9.90 Å². The third-order valence-corrected chi connectivity index (χ3v) is 3.44. The van der Waals surface area contributed by atoms with Gasteiger partial charge in [-0.05, 0) is 26.8 Å². The Morgan fingerprint density at radius 2 is 2.19 bits per heavy atom. The van der Waals surface area contributed by atoms with Gasteiger partial charge >= 0.3 is 5.97 Å². The Kier molecular flexibility index (Phi) is 4.15. The Morgan fingerprint density at radius 3 is 2.69 bits per heavy atom. The lowest BCUT2D eigenvalue weighted by molar-refractivity contribution is -0.138. The van der Waals surface area contributed by atoms with Crippen LogP contribution in [0.25, 0.3) is 0 Å². The maximum atomic E-state index is 10.9. The fourth-order valence-corrected chi connectivity index (χ4v) is 1.96. The molecule has 0 bridgehead atoms. The molecule has 16 heavy (non-hydrogen) atoms. The number of nitrogens with zero attached hydrogens (tertiary/aromatic N) is 2. The van der Waals surface area contributed by atoms with Crippen LogP contribution >= 0.6 is 23.4 Å². The van der Waals surface area contributed by atoms with Crippen LogP contribution in [0.5, 0.6) is 0 Å². The van der Waals surface area contributed by atoms with E-state index in [1.165, 1.54) is 11.8 Å². The van der Waals surface area contributed by atoms with Crippen molar-refractivity contribution in [2.24, 2.45) is 0 Å². The SMILES string of the molecule is Cc1cc(Cl)nc(CSC(C)(C)C(=O)O)n1. The van der Waals surface area contributed by atoms with Crippen molar-refractivity contribution in [1.29, 1.82) is 0 Å². The zero-order valence-corrected chi connectivity index (χ0v) is 10.9. The minimum atomic E-state index is -0.851. The summed E-state index contributed by atoms with van der Waals surface area (Å²) in [5.41, 5.74) is 0.781. The Hall–Kier alpha value is -0.810. The molecule has 0 unspecified atom stereocenters. The van der Waals surface area contributed by atoms with Crippen LogP contribution in [0, 0.1) is 6.92 Å². The van der Waals surface area contributed by atoms with E-state index in [1.54, 1.807) is 19.9 Å². The predicted octanol–water partition coefficient (Wildman–Crippen LogP) is 2.53. The van der Waals surface area contributed by atoms with Crippen LogP contribution in [0.1, 0.15) is 25.4 Å². The molecule has 0 amide bonds. The Labute approximate surface area is 103 Å². The summed E-state index contributed by atoms with van der Waals surface area (Å²) in [6.45, 7) is 5.12. The van der Waals surface area contributed by atoms with E-state index in [2.05, 4.69) is 9.97 Å². The summed E-state index contributed by atoms with van der Waals surface area (Å²) < 4.78 is -0.848. The topological polar surface area (TPSA) is 63.1 Å². The van der Waals surface area contributed by atoms with Crippen molar-refractivity contribution in [3.8, 4) is 0 Å². The molecule has 0 aliphatic heterocycles. The van der Waals surface area contributed by atoms with Gasteiger partial charge in [-0.1, -0.05) is 11.6 Å². The Balaban J connectivity index is 2.71. The van der Waals surface area contributed by atoms with Crippen molar-refractivity contribution >= 4 is 29.3 Å². The van der Waals surface area contributed by atoms with Crippen molar-refractivity contribution in [3.63, 3.8) is 0 Å². The maximum Gasteiger partial charge on any atom is 0.319 e. The summed E-state index contributed by atoms with van der Waals surface area (Å²) in [5.74, 6) is 0.140. The number of rotatable bonds is 4. The molecular formula is C10H13ClN2O2S. The summed E-state index contributed by atoms with van der Waals surface area (Å²) in [4.78, 5) is 19.1. The lowest BCUT2D eigenvalue weighted by atomic mass is 10.2. The normalized spacial score (nSPS) is 11.5. The quantitative estimate of drug-likeness (QED) is 0.843. The Morgan fingerprint density at radius 1 is 1.56 bits per heavy atom. The minimum Gasteiger partial charge on any atom is -0.480 e. The highest BCUT2D eigenvalue weighted by molar-refractivity contribution is 8.00. The van der Waals surface area contributed by atoms with Gasteiger partial charge in [-0.15, -0.1) is 11.8 Å². The first-order valence-electron chi connectivity index (χ1n) is 4.68. The van der Waals surface area contributed by atoms with Gasteiger partial charge < -0.3 is 5.11 Å². The second-order valence-electron chi connectivity index (χ2n) is 3.85. The standard InChI is InChI=1S/C10H13ClN2O2S/c1-6-4-7(11)13-8(12-6)5-16-10(2,3)9(14)15/h4H,5H2,1-3H3,(H,14,15). The number of carboxylic acids is 1. The van der Waals surface area contributed by atoms with E-state index < -0.39 is 10.7 Å². The van der Waals surface area contributed by atoms with Crippen LogP contribution in [-0.4, -0.2) is 25.8 Å². The molecule has 0 saturated heterocycles. The number of aliphatic carboxylic acids is 1. The lowest BCUT2D eigenvalue weighted by Gasteiger charge is -2.17. The van der Waals surface area contributed by atoms with Gasteiger partial charge in [-0.25, -0.2) is 9.97 Å². The van der Waals surface area contributed by atoms with Crippen LogP contribution in [-0.2, 0) is 10.5 Å². The molecule has 0 radical (unpaired) electrons. The van der Waals surface area contributed by atoms with Crippen LogP contribution < -0.4 is 0 Å². The minimum absolute atomic E-state index is 0.385. The molecular weight excluding hydrogens is 248 g/mol. The van der Waals surface area contributed by atoms with E-state index >= 15 is 0 Å². The van der Waals surface area contributed by atoms with E-state index in [0.29, 0.717) is 16.7 Å². The van der Waals surface area contributed by atoms with Crippen molar-refractivity contribution in [1.82, 2.24) is 9.97 Å². The summed E-state index contributed by atoms with van der Waals surface area (Å²) in [5, 5.41) is 9.33. The summed E-state index contributed by atoms with van der Waals surface area (Å²) >= 11 is 7.06. The van der Waals surface area contributed by atoms with Gasteiger partial charge in [-0.3, -0.25) is 4.79 Å². The molecule has 0 aliphatic carbocycles. The van der Waals surface area contributed by atoms with Crippen LogP contribution in [0.3, 0.4) is 0 Å². The largest absolute Gasteiger partial charge is 0.480 e. The molecule has 0 spiro atoms. The molecule has 1 aromatic heterocycles. The van der Waals surface area contributed by atoms with Gasteiger partial charge in [0.2, 0.25) is 0 Å². The number of thioether (sulfide) groups is 1. The first-order valence-corrected chi connectivity index (χ1v) is 6.05. The van der Waals surface area contributed by atoms with Gasteiger partial charge in [0.1, 0.15) is 15.7 Å². The highest BCUT2D eigenvalue weighted by Crippen LogP contribution is 2.27. The first kappa shape index (κ1) is 13.3. The molecule has 1 N–H and O–H groups in total. The Bertz CT molecular complexity index is 390. The van der Waals surface area contributed by atoms with Gasteiger partial charge in [0.25, 0.3) is 0 Å². The summed E-state index contributed by atoms with van der Waals surface area (Å²) in [6, 6.07) is 1.66. The predicted molar refractivity (Wildman–Crippen MR) is 64.8 cm³/mol. The highest BCUT2D eigenvalue weighted by Gasteiger charge is 2.27. The molecule has 1 rings (SSSR count).